The molecule has 0 spiro atoms. The largest absolute Gasteiger partial charge is 0.378 e. The van der Waals surface area contributed by atoms with Crippen LogP contribution in [0.25, 0.3) is 10.8 Å². The van der Waals surface area contributed by atoms with Crippen LogP contribution in [0.1, 0.15) is 19.4 Å². The van der Waals surface area contributed by atoms with Crippen LogP contribution in [0.15, 0.2) is 42.5 Å². The number of ether oxygens (including phenoxy) is 2. The molecule has 2 fully saturated rings. The predicted molar refractivity (Wildman–Crippen MR) is 151 cm³/mol. The van der Waals surface area contributed by atoms with E-state index in [1.54, 1.807) is 0 Å². The zero-order valence-corrected chi connectivity index (χ0v) is 23.8. The molecule has 0 saturated carbocycles. The lowest BCUT2D eigenvalue weighted by Gasteiger charge is -2.28. The Bertz CT molecular complexity index is 1390. The zero-order valence-electron chi connectivity index (χ0n) is 23.8. The van der Waals surface area contributed by atoms with Gasteiger partial charge in [0, 0.05) is 19.6 Å². The van der Waals surface area contributed by atoms with Crippen molar-refractivity contribution in [3.05, 3.63) is 48.0 Å². The van der Waals surface area contributed by atoms with Crippen LogP contribution in [0, 0.1) is 0 Å². The van der Waals surface area contributed by atoms with E-state index in [0.717, 1.165) is 16.3 Å². The molecule has 0 aliphatic carbocycles. The van der Waals surface area contributed by atoms with Crippen LogP contribution in [0.5, 0.6) is 0 Å². The zero-order chi connectivity index (χ0) is 31.1. The molecule has 4 rings (SSSR count). The summed E-state index contributed by atoms with van der Waals surface area (Å²) in [6.07, 6.45) is -2.37. The fourth-order valence-electron chi connectivity index (χ4n) is 4.45. The first kappa shape index (κ1) is 31.2. The number of morpholine rings is 1. The van der Waals surface area contributed by atoms with Crippen LogP contribution < -0.4 is 27.1 Å². The van der Waals surface area contributed by atoms with Crippen molar-refractivity contribution in [3.8, 4) is 0 Å². The molecule has 4 atom stereocenters. The van der Waals surface area contributed by atoms with Crippen LogP contribution in [-0.4, -0.2) is 103 Å². The number of primary amides is 1. The van der Waals surface area contributed by atoms with E-state index in [1.165, 1.54) is 18.7 Å². The quantitative estimate of drug-likeness (QED) is 0.161. The summed E-state index contributed by atoms with van der Waals surface area (Å²) in [4.78, 5) is 76.5. The maximum absolute atomic E-state index is 13.0. The highest BCUT2D eigenvalue weighted by Crippen LogP contribution is 2.25. The van der Waals surface area contributed by atoms with Crippen LogP contribution >= 0.6 is 0 Å². The lowest BCUT2D eigenvalue weighted by molar-refractivity contribution is -0.145. The summed E-state index contributed by atoms with van der Waals surface area (Å²) in [6.45, 7) is 3.89. The number of epoxide rings is 1. The van der Waals surface area contributed by atoms with Crippen molar-refractivity contribution in [2.45, 2.75) is 44.7 Å². The molecule has 2 aliphatic heterocycles. The number of urea groups is 1. The van der Waals surface area contributed by atoms with Gasteiger partial charge < -0.3 is 36.1 Å². The van der Waals surface area contributed by atoms with E-state index in [1.807, 2.05) is 42.5 Å². The van der Waals surface area contributed by atoms with Gasteiger partial charge in [-0.1, -0.05) is 42.5 Å². The summed E-state index contributed by atoms with van der Waals surface area (Å²) in [6, 6.07) is 10.8. The second-order valence-corrected chi connectivity index (χ2v) is 10.2. The van der Waals surface area contributed by atoms with Gasteiger partial charge >= 0.3 is 6.03 Å². The number of nitrogens with zero attached hydrogens (tertiary/aromatic N) is 2. The molecular formula is C28H35N7O8. The molecule has 43 heavy (non-hydrogen) atoms. The summed E-state index contributed by atoms with van der Waals surface area (Å²) in [5, 5.41) is 10.4. The van der Waals surface area contributed by atoms with Gasteiger partial charge in [-0.3, -0.25) is 29.4 Å². The second-order valence-electron chi connectivity index (χ2n) is 10.2. The topological polar surface area (TPSA) is 205 Å². The van der Waals surface area contributed by atoms with E-state index in [4.69, 9.17) is 15.2 Å². The number of hydrogen-bond acceptors (Lipinski definition) is 8. The van der Waals surface area contributed by atoms with Gasteiger partial charge in [-0.05, 0) is 30.2 Å². The molecule has 2 heterocycles. The smallest absolute Gasteiger partial charge is 0.318 e. The number of benzene rings is 2. The summed E-state index contributed by atoms with van der Waals surface area (Å²) in [5.74, 6) is -3.81. The van der Waals surface area contributed by atoms with Crippen LogP contribution in [0.2, 0.25) is 0 Å². The third kappa shape index (κ3) is 8.17. The molecule has 2 aromatic carbocycles. The van der Waals surface area contributed by atoms with Crippen molar-refractivity contribution in [1.29, 1.82) is 0 Å². The number of hydrogen-bond donors (Lipinski definition) is 5. The molecule has 0 bridgehead atoms. The van der Waals surface area contributed by atoms with Gasteiger partial charge in [0.25, 0.3) is 17.7 Å². The van der Waals surface area contributed by atoms with Crippen LogP contribution in [0.3, 0.4) is 0 Å². The predicted octanol–water partition coefficient (Wildman–Crippen LogP) is -1.50. The van der Waals surface area contributed by atoms with Crippen molar-refractivity contribution in [3.63, 3.8) is 0 Å². The van der Waals surface area contributed by atoms with Gasteiger partial charge in [0.15, 0.2) is 12.2 Å². The minimum absolute atomic E-state index is 0.200. The van der Waals surface area contributed by atoms with Crippen molar-refractivity contribution in [1.82, 2.24) is 31.3 Å². The second kappa shape index (κ2) is 13.9. The molecule has 230 valence electrons. The van der Waals surface area contributed by atoms with Gasteiger partial charge in [0.05, 0.1) is 13.2 Å². The van der Waals surface area contributed by atoms with E-state index in [9.17, 15) is 28.8 Å². The fourth-order valence-corrected chi connectivity index (χ4v) is 4.45. The maximum atomic E-state index is 13.0. The monoisotopic (exact) mass is 597 g/mol. The Morgan fingerprint density at radius 3 is 2.33 bits per heavy atom. The van der Waals surface area contributed by atoms with E-state index in [-0.39, 0.29) is 6.54 Å². The highest BCUT2D eigenvalue weighted by Gasteiger charge is 2.52. The Hall–Kier alpha value is -4.76. The average molecular weight is 598 g/mol. The van der Waals surface area contributed by atoms with E-state index < -0.39 is 66.4 Å². The van der Waals surface area contributed by atoms with E-state index >= 15 is 0 Å². The van der Waals surface area contributed by atoms with Gasteiger partial charge in [-0.15, -0.1) is 0 Å². The Morgan fingerprint density at radius 1 is 0.930 bits per heavy atom. The Morgan fingerprint density at radius 2 is 1.60 bits per heavy atom. The molecule has 7 amide bonds. The number of nitrogens with two attached hydrogens (primary N) is 1. The maximum Gasteiger partial charge on any atom is 0.318 e. The summed E-state index contributed by atoms with van der Waals surface area (Å²) in [7, 11) is 0. The fraction of sp³-hybridized carbons (Fsp3) is 0.429. The standard InChI is InChI=1S/C28H35N7O8/c1-16(32-28(41)34-10-12-42-13-11-34)24(37)31-17(2)25(38)33-35(15-21(29)36)27(40)23-22(43-23)26(39)30-14-19-8-5-7-18-6-3-4-9-20(18)19/h3-9,16-17,22-23H,10-15H2,1-2H3,(H2,29,36)(H,30,39)(H,31,37)(H,32,41)(H,33,38)/t16-,17+,22+,23+/m1/s1. The summed E-state index contributed by atoms with van der Waals surface area (Å²) >= 11 is 0. The third-order valence-electron chi connectivity index (χ3n) is 6.94. The van der Waals surface area contributed by atoms with Gasteiger partial charge in [-0.2, -0.15) is 0 Å². The molecule has 2 aliphatic rings. The lowest BCUT2D eigenvalue weighted by atomic mass is 10.0. The van der Waals surface area contributed by atoms with Crippen LogP contribution in [-0.2, 0) is 40.0 Å². The highest BCUT2D eigenvalue weighted by atomic mass is 16.6. The van der Waals surface area contributed by atoms with Gasteiger partial charge in [-0.25, -0.2) is 9.80 Å². The van der Waals surface area contributed by atoms with E-state index in [0.29, 0.717) is 31.3 Å². The first-order chi connectivity index (χ1) is 20.5. The number of amides is 7. The molecule has 0 aromatic heterocycles. The van der Waals surface area contributed by atoms with Gasteiger partial charge in [0.2, 0.25) is 11.8 Å². The molecule has 0 unspecified atom stereocenters. The van der Waals surface area contributed by atoms with Crippen molar-refractivity contribution >= 4 is 46.3 Å². The molecule has 2 aromatic rings. The minimum atomic E-state index is -1.24. The SMILES string of the molecule is C[C@H](NC(=O)[C@@H](C)NC(=O)N1CCOCC1)C(=O)NN(CC(N)=O)C(=O)[C@H]1O[C@@H]1C(=O)NCc1cccc2ccccc12. The first-order valence-electron chi connectivity index (χ1n) is 13.8. The Kier molecular flexibility index (Phi) is 10.1. The third-order valence-corrected chi connectivity index (χ3v) is 6.94. The number of carbonyl (C=O) groups is 6. The molecular weight excluding hydrogens is 562 g/mol. The number of nitrogens with one attached hydrogen (secondary N) is 4. The summed E-state index contributed by atoms with van der Waals surface area (Å²) < 4.78 is 10.5. The number of rotatable bonds is 10. The van der Waals surface area contributed by atoms with Crippen molar-refractivity contribution in [2.75, 3.05) is 32.8 Å². The molecule has 15 heteroatoms. The van der Waals surface area contributed by atoms with Crippen LogP contribution in [0.4, 0.5) is 4.79 Å². The van der Waals surface area contributed by atoms with Gasteiger partial charge in [0.1, 0.15) is 18.6 Å². The normalized spacial score (nSPS) is 19.0. The van der Waals surface area contributed by atoms with Crippen molar-refractivity contribution in [2.24, 2.45) is 5.73 Å². The number of fused-ring (bicyclic) bond motifs is 1. The first-order valence-corrected chi connectivity index (χ1v) is 13.8. The molecule has 0 radical (unpaired) electrons. The number of hydrazine groups is 1. The Labute approximate surface area is 247 Å². The van der Waals surface area contributed by atoms with E-state index in [2.05, 4.69) is 21.4 Å². The van der Waals surface area contributed by atoms with Crippen molar-refractivity contribution < 1.29 is 38.2 Å². The number of carbonyl (C=O) groups excluding carboxylic acids is 6. The minimum Gasteiger partial charge on any atom is -0.378 e. The average Bonchev–Trinajstić information content (AvgIpc) is 3.80. The molecule has 6 N–H and O–H groups in total. The highest BCUT2D eigenvalue weighted by molar-refractivity contribution is 5.98. The molecule has 15 nitrogen and oxygen atoms in total. The lowest BCUT2D eigenvalue weighted by Crippen LogP contribution is -2.58. The summed E-state index contributed by atoms with van der Waals surface area (Å²) in [5.41, 5.74) is 8.39. The Balaban J connectivity index is 1.27. The molecule has 2 saturated heterocycles.